The molecule has 0 saturated carbocycles. The summed E-state index contributed by atoms with van der Waals surface area (Å²) in [6, 6.07) is 8.80. The second-order valence-electron chi connectivity index (χ2n) is 3.43. The van der Waals surface area contributed by atoms with Crippen molar-refractivity contribution in [2.24, 2.45) is 0 Å². The third kappa shape index (κ3) is 2.32. The van der Waals surface area contributed by atoms with Crippen LogP contribution >= 0.6 is 0 Å². The van der Waals surface area contributed by atoms with E-state index in [0.717, 1.165) is 0 Å². The number of hydrogen-bond acceptors (Lipinski definition) is 5. The van der Waals surface area contributed by atoms with Crippen molar-refractivity contribution < 1.29 is 4.74 Å². The molecule has 0 aliphatic heterocycles. The molecule has 0 unspecified atom stereocenters. The Morgan fingerprint density at radius 1 is 1.24 bits per heavy atom. The average molecular weight is 226 g/mol. The summed E-state index contributed by atoms with van der Waals surface area (Å²) in [6.07, 6.45) is 1.35. The van der Waals surface area contributed by atoms with E-state index in [-0.39, 0.29) is 0 Å². The van der Waals surface area contributed by atoms with Crippen molar-refractivity contribution in [1.82, 2.24) is 9.97 Å². The number of nitrogens with two attached hydrogens (primary N) is 1. The zero-order chi connectivity index (χ0) is 12.3. The van der Waals surface area contributed by atoms with E-state index in [1.807, 2.05) is 6.07 Å². The first-order chi connectivity index (χ1) is 8.20. The highest BCUT2D eigenvalue weighted by atomic mass is 16.5. The van der Waals surface area contributed by atoms with Gasteiger partial charge in [0, 0.05) is 0 Å². The molecule has 5 heteroatoms. The summed E-state index contributed by atoms with van der Waals surface area (Å²) in [5.74, 6) is 1.41. The summed E-state index contributed by atoms with van der Waals surface area (Å²) < 4.78 is 5.55. The maximum atomic E-state index is 8.67. The van der Waals surface area contributed by atoms with Crippen LogP contribution in [0.2, 0.25) is 0 Å². The van der Waals surface area contributed by atoms with Gasteiger partial charge in [-0.2, -0.15) is 5.26 Å². The van der Waals surface area contributed by atoms with Crippen LogP contribution in [0.4, 0.5) is 5.82 Å². The fraction of sp³-hybridized carbons (Fsp3) is 0.0833. The highest BCUT2D eigenvalue weighted by molar-refractivity contribution is 5.45. The number of nitrogen functional groups attached to an aromatic ring is 1. The molecule has 0 fully saturated rings. The molecular formula is C12H10N4O. The lowest BCUT2D eigenvalue weighted by Gasteiger charge is -2.07. The molecule has 0 aliphatic rings. The van der Waals surface area contributed by atoms with Crippen LogP contribution in [0.5, 0.6) is 11.6 Å². The Labute approximate surface area is 98.5 Å². The van der Waals surface area contributed by atoms with Crippen molar-refractivity contribution in [2.75, 3.05) is 5.73 Å². The van der Waals surface area contributed by atoms with Gasteiger partial charge in [0.25, 0.3) is 0 Å². The highest BCUT2D eigenvalue weighted by Gasteiger charge is 2.06. The highest BCUT2D eigenvalue weighted by Crippen LogP contribution is 2.24. The van der Waals surface area contributed by atoms with Gasteiger partial charge in [-0.05, 0) is 31.2 Å². The van der Waals surface area contributed by atoms with Crippen molar-refractivity contribution in [3.63, 3.8) is 0 Å². The van der Waals surface area contributed by atoms with E-state index in [9.17, 15) is 0 Å². The normalized spacial score (nSPS) is 9.65. The van der Waals surface area contributed by atoms with Crippen LogP contribution in [0.1, 0.15) is 11.1 Å². The van der Waals surface area contributed by atoms with E-state index < -0.39 is 0 Å². The Balaban J connectivity index is 2.26. The largest absolute Gasteiger partial charge is 0.439 e. The van der Waals surface area contributed by atoms with E-state index in [4.69, 9.17) is 15.7 Å². The van der Waals surface area contributed by atoms with Gasteiger partial charge in [-0.3, -0.25) is 0 Å². The first-order valence-electron chi connectivity index (χ1n) is 4.96. The molecule has 0 atom stereocenters. The lowest BCUT2D eigenvalue weighted by atomic mass is 10.2. The van der Waals surface area contributed by atoms with Gasteiger partial charge in [0.15, 0.2) is 0 Å². The molecule has 5 nitrogen and oxygen atoms in total. The Hall–Kier alpha value is -2.61. The molecule has 1 aromatic heterocycles. The number of benzene rings is 1. The predicted molar refractivity (Wildman–Crippen MR) is 62.4 cm³/mol. The van der Waals surface area contributed by atoms with Crippen LogP contribution in [-0.2, 0) is 0 Å². The van der Waals surface area contributed by atoms with Crippen LogP contribution in [-0.4, -0.2) is 9.97 Å². The Morgan fingerprint density at radius 2 is 1.94 bits per heavy atom. The Kier molecular flexibility index (Phi) is 2.88. The number of rotatable bonds is 2. The van der Waals surface area contributed by atoms with Crippen LogP contribution in [0.15, 0.2) is 30.6 Å². The van der Waals surface area contributed by atoms with E-state index in [0.29, 0.717) is 28.6 Å². The van der Waals surface area contributed by atoms with E-state index >= 15 is 0 Å². The van der Waals surface area contributed by atoms with E-state index in [1.165, 1.54) is 6.33 Å². The van der Waals surface area contributed by atoms with Crippen LogP contribution < -0.4 is 10.5 Å². The second-order valence-corrected chi connectivity index (χ2v) is 3.43. The first-order valence-corrected chi connectivity index (χ1v) is 4.96. The molecule has 84 valence electrons. The lowest BCUT2D eigenvalue weighted by Crippen LogP contribution is -1.98. The van der Waals surface area contributed by atoms with Gasteiger partial charge in [-0.25, -0.2) is 9.97 Å². The fourth-order valence-electron chi connectivity index (χ4n) is 1.26. The Bertz CT molecular complexity index is 572. The molecule has 2 N–H and O–H groups in total. The molecule has 2 aromatic rings. The molecule has 2 rings (SSSR count). The van der Waals surface area contributed by atoms with Crippen LogP contribution in [0.3, 0.4) is 0 Å². The maximum Gasteiger partial charge on any atom is 0.227 e. The average Bonchev–Trinajstić information content (AvgIpc) is 2.36. The number of aromatic nitrogens is 2. The zero-order valence-electron chi connectivity index (χ0n) is 9.21. The summed E-state index contributed by atoms with van der Waals surface area (Å²) in [4.78, 5) is 7.85. The van der Waals surface area contributed by atoms with Gasteiger partial charge in [0.05, 0.1) is 17.2 Å². The van der Waals surface area contributed by atoms with Crippen molar-refractivity contribution >= 4 is 5.82 Å². The van der Waals surface area contributed by atoms with Crippen LogP contribution in [0.25, 0.3) is 0 Å². The van der Waals surface area contributed by atoms with Gasteiger partial charge < -0.3 is 10.5 Å². The number of nitrogens with zero attached hydrogens (tertiary/aromatic N) is 3. The molecule has 17 heavy (non-hydrogen) atoms. The van der Waals surface area contributed by atoms with E-state index in [1.54, 1.807) is 31.2 Å². The van der Waals surface area contributed by atoms with Crippen molar-refractivity contribution in [3.8, 4) is 17.7 Å². The van der Waals surface area contributed by atoms with Gasteiger partial charge in [-0.15, -0.1) is 0 Å². The second kappa shape index (κ2) is 4.49. The predicted octanol–water partition coefficient (Wildman–Crippen LogP) is 2.03. The minimum absolute atomic E-state index is 0.392. The lowest BCUT2D eigenvalue weighted by molar-refractivity contribution is 0.458. The quantitative estimate of drug-likeness (QED) is 0.846. The molecule has 0 amide bonds. The third-order valence-corrected chi connectivity index (χ3v) is 2.27. The summed E-state index contributed by atoms with van der Waals surface area (Å²) >= 11 is 0. The molecule has 0 aliphatic carbocycles. The fourth-order valence-corrected chi connectivity index (χ4v) is 1.26. The summed E-state index contributed by atoms with van der Waals surface area (Å²) in [5, 5.41) is 8.67. The van der Waals surface area contributed by atoms with Crippen molar-refractivity contribution in [1.29, 1.82) is 5.26 Å². The van der Waals surface area contributed by atoms with Crippen LogP contribution in [0, 0.1) is 18.3 Å². The topological polar surface area (TPSA) is 84.8 Å². The van der Waals surface area contributed by atoms with Gasteiger partial charge in [0.2, 0.25) is 5.88 Å². The third-order valence-electron chi connectivity index (χ3n) is 2.27. The number of hydrogen-bond donors (Lipinski definition) is 1. The monoisotopic (exact) mass is 226 g/mol. The Morgan fingerprint density at radius 3 is 2.59 bits per heavy atom. The standard InChI is InChI=1S/C12H10N4O/c1-8-11(14)15-7-16-12(8)17-10-4-2-9(6-13)3-5-10/h2-5,7H,1H3,(H2,14,15,16). The smallest absolute Gasteiger partial charge is 0.227 e. The molecule has 1 aromatic carbocycles. The summed E-state index contributed by atoms with van der Waals surface area (Å²) in [7, 11) is 0. The minimum Gasteiger partial charge on any atom is -0.439 e. The summed E-state index contributed by atoms with van der Waals surface area (Å²) in [5.41, 5.74) is 6.92. The molecule has 0 spiro atoms. The minimum atomic E-state index is 0.392. The zero-order valence-corrected chi connectivity index (χ0v) is 9.21. The van der Waals surface area contributed by atoms with Crippen molar-refractivity contribution in [3.05, 3.63) is 41.7 Å². The molecule has 0 bridgehead atoms. The van der Waals surface area contributed by atoms with E-state index in [2.05, 4.69) is 9.97 Å². The van der Waals surface area contributed by atoms with Gasteiger partial charge in [-0.1, -0.05) is 0 Å². The molecule has 0 radical (unpaired) electrons. The SMILES string of the molecule is Cc1c(N)ncnc1Oc1ccc(C#N)cc1. The maximum absolute atomic E-state index is 8.67. The molecule has 1 heterocycles. The van der Waals surface area contributed by atoms with Gasteiger partial charge in [0.1, 0.15) is 17.9 Å². The first kappa shape index (κ1) is 10.9. The molecule has 0 saturated heterocycles. The molecular weight excluding hydrogens is 216 g/mol. The summed E-state index contributed by atoms with van der Waals surface area (Å²) in [6.45, 7) is 1.79. The van der Waals surface area contributed by atoms with Gasteiger partial charge >= 0.3 is 0 Å². The van der Waals surface area contributed by atoms with Crippen molar-refractivity contribution in [2.45, 2.75) is 6.92 Å². The number of anilines is 1. The number of nitriles is 1. The number of ether oxygens (including phenoxy) is 1.